The van der Waals surface area contributed by atoms with E-state index in [4.69, 9.17) is 0 Å². The van der Waals surface area contributed by atoms with E-state index in [9.17, 15) is 30.6 Å². The number of aliphatic hydroxyl groups is 6. The predicted octanol–water partition coefficient (Wildman–Crippen LogP) is 1.63. The summed E-state index contributed by atoms with van der Waals surface area (Å²) in [5.74, 6) is -1.16. The molecule has 0 aromatic heterocycles. The van der Waals surface area contributed by atoms with Crippen LogP contribution >= 0.6 is 0 Å². The van der Waals surface area contributed by atoms with Crippen molar-refractivity contribution in [2.75, 3.05) is 0 Å². The van der Waals surface area contributed by atoms with Crippen LogP contribution < -0.4 is 0 Å². The van der Waals surface area contributed by atoms with Crippen molar-refractivity contribution < 1.29 is 30.6 Å². The zero-order valence-electron chi connectivity index (χ0n) is 13.9. The Balaban J connectivity index is 2.08. The highest BCUT2D eigenvalue weighted by Crippen LogP contribution is 2.17. The molecule has 138 valence electrons. The summed E-state index contributed by atoms with van der Waals surface area (Å²) in [6.45, 7) is 0. The number of aliphatic hydroxyl groups excluding tert-OH is 6. The second-order valence-corrected chi connectivity index (χ2v) is 5.83. The third-order valence-corrected chi connectivity index (χ3v) is 3.83. The second kappa shape index (κ2) is 9.17. The molecule has 6 nitrogen and oxygen atoms in total. The van der Waals surface area contributed by atoms with E-state index in [0.29, 0.717) is 11.1 Å². The number of rotatable bonds is 7. The van der Waals surface area contributed by atoms with Gasteiger partial charge in [0.15, 0.2) is 0 Å². The molecule has 2 aromatic rings. The highest BCUT2D eigenvalue weighted by Gasteiger charge is 2.34. The van der Waals surface area contributed by atoms with Gasteiger partial charge < -0.3 is 30.6 Å². The molecule has 0 aliphatic carbocycles. The fourth-order valence-corrected chi connectivity index (χ4v) is 2.33. The Bertz CT molecular complexity index is 676. The molecule has 4 unspecified atom stereocenters. The van der Waals surface area contributed by atoms with E-state index in [-0.39, 0.29) is 0 Å². The van der Waals surface area contributed by atoms with Crippen LogP contribution in [0.4, 0.5) is 0 Å². The largest absolute Gasteiger partial charge is 0.509 e. The summed E-state index contributed by atoms with van der Waals surface area (Å²) >= 11 is 0. The summed E-state index contributed by atoms with van der Waals surface area (Å²) in [5, 5.41) is 59.9. The molecule has 0 bridgehead atoms. The predicted molar refractivity (Wildman–Crippen MR) is 98.1 cm³/mol. The minimum absolute atomic E-state index is 0.582. The summed E-state index contributed by atoms with van der Waals surface area (Å²) < 4.78 is 0. The molecule has 0 saturated carbocycles. The molecule has 0 radical (unpaired) electrons. The molecule has 0 saturated heterocycles. The van der Waals surface area contributed by atoms with Crippen LogP contribution in [0.3, 0.4) is 0 Å². The van der Waals surface area contributed by atoms with Gasteiger partial charge in [-0.25, -0.2) is 0 Å². The Morgan fingerprint density at radius 3 is 1.19 bits per heavy atom. The van der Waals surface area contributed by atoms with E-state index >= 15 is 0 Å². The average molecular weight is 358 g/mol. The molecular weight excluding hydrogens is 336 g/mol. The molecule has 4 atom stereocenters. The summed E-state index contributed by atoms with van der Waals surface area (Å²) in [4.78, 5) is 0. The Kier molecular flexibility index (Phi) is 6.94. The monoisotopic (exact) mass is 358 g/mol. The maximum atomic E-state index is 10.0. The SMILES string of the molecule is OC(=Cc1ccccc1)C(O)C(O)C(O)C(O)C(O)=Cc1ccccc1. The van der Waals surface area contributed by atoms with Crippen LogP contribution in [0, 0.1) is 0 Å². The van der Waals surface area contributed by atoms with Crippen molar-refractivity contribution in [3.8, 4) is 0 Å². The van der Waals surface area contributed by atoms with Gasteiger partial charge in [-0.2, -0.15) is 0 Å². The maximum Gasteiger partial charge on any atom is 0.139 e. The van der Waals surface area contributed by atoms with E-state index in [0.717, 1.165) is 0 Å². The third-order valence-electron chi connectivity index (χ3n) is 3.83. The molecule has 6 N–H and O–H groups in total. The van der Waals surface area contributed by atoms with Crippen LogP contribution in [-0.2, 0) is 0 Å². The lowest BCUT2D eigenvalue weighted by Gasteiger charge is -2.26. The molecule has 26 heavy (non-hydrogen) atoms. The number of hydrogen-bond donors (Lipinski definition) is 6. The number of hydrogen-bond acceptors (Lipinski definition) is 6. The standard InChI is InChI=1S/C20H22O6/c21-15(11-13-7-3-1-4-8-13)17(23)19(25)20(26)18(24)16(22)12-14-9-5-2-6-10-14/h1-12,17-26H. The Labute approximate surface area is 151 Å². The van der Waals surface area contributed by atoms with Crippen molar-refractivity contribution in [1.29, 1.82) is 0 Å². The second-order valence-electron chi connectivity index (χ2n) is 5.83. The highest BCUT2D eigenvalue weighted by molar-refractivity contribution is 5.52. The Morgan fingerprint density at radius 1 is 0.577 bits per heavy atom. The van der Waals surface area contributed by atoms with E-state index in [1.807, 2.05) is 0 Å². The molecule has 6 heteroatoms. The smallest absolute Gasteiger partial charge is 0.139 e. The van der Waals surface area contributed by atoms with Crippen LogP contribution in [0.5, 0.6) is 0 Å². The van der Waals surface area contributed by atoms with Crippen LogP contribution in [-0.4, -0.2) is 55.1 Å². The van der Waals surface area contributed by atoms with Crippen LogP contribution in [0.1, 0.15) is 11.1 Å². The fraction of sp³-hybridized carbons (Fsp3) is 0.200. The lowest BCUT2D eigenvalue weighted by molar-refractivity contribution is -0.0996. The van der Waals surface area contributed by atoms with Gasteiger partial charge in [0.1, 0.15) is 35.9 Å². The van der Waals surface area contributed by atoms with Crippen molar-refractivity contribution in [3.05, 3.63) is 83.3 Å². The van der Waals surface area contributed by atoms with Crippen molar-refractivity contribution >= 4 is 12.2 Å². The lowest BCUT2D eigenvalue weighted by atomic mass is 9.99. The van der Waals surface area contributed by atoms with Crippen molar-refractivity contribution in [2.45, 2.75) is 24.4 Å². The molecule has 0 aliphatic rings. The first-order valence-electron chi connectivity index (χ1n) is 8.03. The summed E-state index contributed by atoms with van der Waals surface area (Å²) in [6, 6.07) is 17.2. The van der Waals surface area contributed by atoms with Crippen molar-refractivity contribution in [3.63, 3.8) is 0 Å². The van der Waals surface area contributed by atoms with E-state index < -0.39 is 35.9 Å². The Morgan fingerprint density at radius 2 is 0.885 bits per heavy atom. The summed E-state index contributed by atoms with van der Waals surface area (Å²) in [7, 11) is 0. The van der Waals surface area contributed by atoms with Gasteiger partial charge in [-0.05, 0) is 23.3 Å². The minimum Gasteiger partial charge on any atom is -0.509 e. The fourth-order valence-electron chi connectivity index (χ4n) is 2.33. The summed E-state index contributed by atoms with van der Waals surface area (Å²) in [6.07, 6.45) is -5.07. The summed E-state index contributed by atoms with van der Waals surface area (Å²) in [5.41, 5.74) is 1.16. The van der Waals surface area contributed by atoms with E-state index in [2.05, 4.69) is 0 Å². The first kappa shape index (κ1) is 19.7. The Hall–Kier alpha value is -2.64. The quantitative estimate of drug-likeness (QED) is 0.419. The zero-order valence-corrected chi connectivity index (χ0v) is 13.9. The van der Waals surface area contributed by atoms with Gasteiger partial charge in [-0.15, -0.1) is 0 Å². The van der Waals surface area contributed by atoms with Crippen LogP contribution in [0.2, 0.25) is 0 Å². The van der Waals surface area contributed by atoms with Gasteiger partial charge in [0.2, 0.25) is 0 Å². The molecule has 2 rings (SSSR count). The van der Waals surface area contributed by atoms with Gasteiger partial charge in [-0.1, -0.05) is 60.7 Å². The van der Waals surface area contributed by atoms with Gasteiger partial charge in [0.25, 0.3) is 0 Å². The van der Waals surface area contributed by atoms with Crippen LogP contribution in [0.25, 0.3) is 12.2 Å². The molecular formula is C20H22O6. The molecule has 0 heterocycles. The normalized spacial score (nSPS) is 17.4. The van der Waals surface area contributed by atoms with E-state index in [1.165, 1.54) is 12.2 Å². The first-order valence-corrected chi connectivity index (χ1v) is 8.03. The third kappa shape index (κ3) is 5.18. The van der Waals surface area contributed by atoms with Gasteiger partial charge in [0.05, 0.1) is 0 Å². The van der Waals surface area contributed by atoms with Gasteiger partial charge >= 0.3 is 0 Å². The first-order chi connectivity index (χ1) is 12.4. The molecule has 0 aliphatic heterocycles. The zero-order chi connectivity index (χ0) is 19.1. The lowest BCUT2D eigenvalue weighted by Crippen LogP contribution is -2.45. The number of benzene rings is 2. The van der Waals surface area contributed by atoms with Gasteiger partial charge in [0, 0.05) is 0 Å². The van der Waals surface area contributed by atoms with E-state index in [1.54, 1.807) is 60.7 Å². The molecule has 0 amide bonds. The average Bonchev–Trinajstić information content (AvgIpc) is 2.67. The highest BCUT2D eigenvalue weighted by atomic mass is 16.4. The topological polar surface area (TPSA) is 121 Å². The molecule has 2 aromatic carbocycles. The van der Waals surface area contributed by atoms with Gasteiger partial charge in [-0.3, -0.25) is 0 Å². The maximum absolute atomic E-state index is 10.0. The molecule has 0 fully saturated rings. The molecule has 0 spiro atoms. The van der Waals surface area contributed by atoms with Crippen molar-refractivity contribution in [1.82, 2.24) is 0 Å². The minimum atomic E-state index is -1.92. The van der Waals surface area contributed by atoms with Crippen LogP contribution in [0.15, 0.2) is 72.2 Å². The van der Waals surface area contributed by atoms with Crippen molar-refractivity contribution in [2.24, 2.45) is 0 Å².